The molecule has 1 aliphatic heterocycles. The highest BCUT2D eigenvalue weighted by molar-refractivity contribution is 5.94. The Labute approximate surface area is 153 Å². The van der Waals surface area contributed by atoms with Gasteiger partial charge in [-0.2, -0.15) is 0 Å². The Morgan fingerprint density at radius 3 is 2.85 bits per heavy atom. The lowest BCUT2D eigenvalue weighted by atomic mass is 10.0. The van der Waals surface area contributed by atoms with Gasteiger partial charge in [0.2, 0.25) is 0 Å². The van der Waals surface area contributed by atoms with Crippen molar-refractivity contribution in [3.63, 3.8) is 0 Å². The maximum absolute atomic E-state index is 12.3. The molecule has 1 unspecified atom stereocenters. The summed E-state index contributed by atoms with van der Waals surface area (Å²) in [5, 5.41) is 13.1. The van der Waals surface area contributed by atoms with Crippen molar-refractivity contribution in [1.29, 1.82) is 0 Å². The number of nitrogens with one attached hydrogen (secondary N) is 1. The summed E-state index contributed by atoms with van der Waals surface area (Å²) in [6, 6.07) is 12.7. The van der Waals surface area contributed by atoms with Gasteiger partial charge in [0.25, 0.3) is 5.91 Å². The second kappa shape index (κ2) is 8.72. The first-order valence-electron chi connectivity index (χ1n) is 9.12. The number of amides is 1. The molecule has 5 nitrogen and oxygen atoms in total. The van der Waals surface area contributed by atoms with Crippen molar-refractivity contribution in [1.82, 2.24) is 5.32 Å². The highest BCUT2D eigenvalue weighted by Crippen LogP contribution is 2.28. The third kappa shape index (κ3) is 4.55. The van der Waals surface area contributed by atoms with Gasteiger partial charge < -0.3 is 19.9 Å². The molecule has 0 fully saturated rings. The summed E-state index contributed by atoms with van der Waals surface area (Å²) in [7, 11) is 0. The lowest BCUT2D eigenvalue weighted by Gasteiger charge is -2.13. The van der Waals surface area contributed by atoms with Crippen LogP contribution in [0.5, 0.6) is 11.5 Å². The largest absolute Gasteiger partial charge is 0.494 e. The van der Waals surface area contributed by atoms with Crippen LogP contribution in [0.15, 0.2) is 42.5 Å². The van der Waals surface area contributed by atoms with Crippen molar-refractivity contribution in [3.8, 4) is 11.5 Å². The summed E-state index contributed by atoms with van der Waals surface area (Å²) < 4.78 is 11.1. The first-order chi connectivity index (χ1) is 12.7. The second-order valence-corrected chi connectivity index (χ2v) is 6.42. The van der Waals surface area contributed by atoms with Gasteiger partial charge in [-0.3, -0.25) is 4.79 Å². The van der Waals surface area contributed by atoms with Crippen LogP contribution in [0.4, 0.5) is 0 Å². The number of ether oxygens (including phenoxy) is 2. The Kier molecular flexibility index (Phi) is 6.12. The molecule has 0 radical (unpaired) electrons. The number of hydrogen-bond acceptors (Lipinski definition) is 4. The highest BCUT2D eigenvalue weighted by atomic mass is 16.5. The number of hydrogen-bond donors (Lipinski definition) is 2. The fourth-order valence-corrected chi connectivity index (χ4v) is 2.86. The molecule has 0 bridgehead atoms. The van der Waals surface area contributed by atoms with Crippen LogP contribution >= 0.6 is 0 Å². The summed E-state index contributed by atoms with van der Waals surface area (Å²) in [5.41, 5.74) is 2.43. The Morgan fingerprint density at radius 2 is 2.08 bits per heavy atom. The SMILES string of the molecule is CCCCOc1ccc(C(=O)NCC(O)c2ccc3c(c2)CCO3)cc1. The van der Waals surface area contributed by atoms with Crippen molar-refractivity contribution in [3.05, 3.63) is 59.2 Å². The number of fused-ring (bicyclic) bond motifs is 1. The summed E-state index contributed by atoms with van der Waals surface area (Å²) >= 11 is 0. The minimum atomic E-state index is -0.749. The first kappa shape index (κ1) is 18.3. The third-order valence-corrected chi connectivity index (χ3v) is 4.44. The van der Waals surface area contributed by atoms with Crippen LogP contribution in [-0.2, 0) is 6.42 Å². The number of aliphatic hydroxyl groups excluding tert-OH is 1. The Hall–Kier alpha value is -2.53. The molecule has 1 aliphatic rings. The quantitative estimate of drug-likeness (QED) is 0.713. The molecule has 138 valence electrons. The number of unbranched alkanes of at least 4 members (excludes halogenated alkanes) is 1. The maximum atomic E-state index is 12.3. The molecule has 0 saturated heterocycles. The topological polar surface area (TPSA) is 67.8 Å². The van der Waals surface area contributed by atoms with Crippen molar-refractivity contribution in [2.45, 2.75) is 32.3 Å². The lowest BCUT2D eigenvalue weighted by molar-refractivity contribution is 0.0916. The molecule has 3 rings (SSSR count). The van der Waals surface area contributed by atoms with Crippen molar-refractivity contribution >= 4 is 5.91 Å². The van der Waals surface area contributed by atoms with Crippen molar-refractivity contribution in [2.24, 2.45) is 0 Å². The zero-order chi connectivity index (χ0) is 18.4. The van der Waals surface area contributed by atoms with E-state index in [0.717, 1.165) is 41.9 Å². The normalized spacial score (nSPS) is 13.6. The van der Waals surface area contributed by atoms with Crippen LogP contribution in [0.2, 0.25) is 0 Å². The summed E-state index contributed by atoms with van der Waals surface area (Å²) in [6.07, 6.45) is 2.20. The van der Waals surface area contributed by atoms with Crippen LogP contribution in [0.1, 0.15) is 47.4 Å². The molecule has 2 N–H and O–H groups in total. The van der Waals surface area contributed by atoms with Crippen LogP contribution in [0, 0.1) is 0 Å². The van der Waals surface area contributed by atoms with Gasteiger partial charge in [-0.15, -0.1) is 0 Å². The molecule has 2 aromatic rings. The Balaban J connectivity index is 1.51. The molecule has 0 aromatic heterocycles. The van der Waals surface area contributed by atoms with Gasteiger partial charge in [-0.25, -0.2) is 0 Å². The fourth-order valence-electron chi connectivity index (χ4n) is 2.86. The maximum Gasteiger partial charge on any atom is 0.251 e. The van der Waals surface area contributed by atoms with Gasteiger partial charge in [0, 0.05) is 18.5 Å². The molecule has 26 heavy (non-hydrogen) atoms. The molecule has 1 amide bonds. The van der Waals surface area contributed by atoms with Gasteiger partial charge in [0.05, 0.1) is 19.3 Å². The van der Waals surface area contributed by atoms with E-state index in [4.69, 9.17) is 9.47 Å². The van der Waals surface area contributed by atoms with Crippen LogP contribution in [0.25, 0.3) is 0 Å². The monoisotopic (exact) mass is 355 g/mol. The van der Waals surface area contributed by atoms with Crippen molar-refractivity contribution < 1.29 is 19.4 Å². The zero-order valence-corrected chi connectivity index (χ0v) is 15.0. The molecular weight excluding hydrogens is 330 g/mol. The Bertz CT molecular complexity index is 742. The average Bonchev–Trinajstić information content (AvgIpc) is 3.14. The van der Waals surface area contributed by atoms with Crippen LogP contribution in [0.3, 0.4) is 0 Å². The minimum absolute atomic E-state index is 0.160. The van der Waals surface area contributed by atoms with Crippen LogP contribution < -0.4 is 14.8 Å². The van der Waals surface area contributed by atoms with Gasteiger partial charge in [0.1, 0.15) is 11.5 Å². The zero-order valence-electron chi connectivity index (χ0n) is 15.0. The predicted octanol–water partition coefficient (Wildman–Crippen LogP) is 3.26. The summed E-state index contributed by atoms with van der Waals surface area (Å²) in [6.45, 7) is 3.64. The standard InChI is InChI=1S/C21H25NO4/c1-2-3-11-25-18-7-4-15(5-8-18)21(24)22-14-19(23)16-6-9-20-17(13-16)10-12-26-20/h4-9,13,19,23H,2-3,10-12,14H2,1H3,(H,22,24). The summed E-state index contributed by atoms with van der Waals surface area (Å²) in [4.78, 5) is 12.3. The van der Waals surface area contributed by atoms with Crippen LogP contribution in [-0.4, -0.2) is 30.8 Å². The van der Waals surface area contributed by atoms with E-state index in [9.17, 15) is 9.90 Å². The molecule has 5 heteroatoms. The minimum Gasteiger partial charge on any atom is -0.494 e. The predicted molar refractivity (Wildman–Crippen MR) is 99.8 cm³/mol. The number of carbonyl (C=O) groups excluding carboxylic acids is 1. The number of benzene rings is 2. The lowest BCUT2D eigenvalue weighted by Crippen LogP contribution is -2.28. The Morgan fingerprint density at radius 1 is 1.27 bits per heavy atom. The number of rotatable bonds is 8. The van der Waals surface area contributed by atoms with Gasteiger partial charge >= 0.3 is 0 Å². The highest BCUT2D eigenvalue weighted by Gasteiger charge is 2.16. The molecule has 1 heterocycles. The first-order valence-corrected chi connectivity index (χ1v) is 9.12. The third-order valence-electron chi connectivity index (χ3n) is 4.44. The molecule has 0 spiro atoms. The fraction of sp³-hybridized carbons (Fsp3) is 0.381. The van der Waals surface area contributed by atoms with E-state index in [1.165, 1.54) is 0 Å². The second-order valence-electron chi connectivity index (χ2n) is 6.42. The molecule has 0 saturated carbocycles. The van der Waals surface area contributed by atoms with Gasteiger partial charge in [0.15, 0.2) is 0 Å². The number of aliphatic hydroxyl groups is 1. The molecule has 2 aromatic carbocycles. The molecule has 1 atom stereocenters. The summed E-state index contributed by atoms with van der Waals surface area (Å²) in [5.74, 6) is 1.43. The van der Waals surface area contributed by atoms with E-state index in [0.29, 0.717) is 18.8 Å². The molecular formula is C21H25NO4. The average molecular weight is 355 g/mol. The molecule has 0 aliphatic carbocycles. The van der Waals surface area contributed by atoms with E-state index in [2.05, 4.69) is 12.2 Å². The van der Waals surface area contributed by atoms with Crippen molar-refractivity contribution in [2.75, 3.05) is 19.8 Å². The van der Waals surface area contributed by atoms with E-state index in [-0.39, 0.29) is 12.5 Å². The smallest absolute Gasteiger partial charge is 0.251 e. The van der Waals surface area contributed by atoms with Gasteiger partial charge in [-0.1, -0.05) is 19.4 Å². The van der Waals surface area contributed by atoms with E-state index < -0.39 is 6.10 Å². The van der Waals surface area contributed by atoms with E-state index in [1.807, 2.05) is 18.2 Å². The van der Waals surface area contributed by atoms with Gasteiger partial charge in [-0.05, 0) is 53.9 Å². The van der Waals surface area contributed by atoms with E-state index in [1.54, 1.807) is 24.3 Å². The van der Waals surface area contributed by atoms with E-state index >= 15 is 0 Å². The number of carbonyl (C=O) groups is 1.